The standard InChI is InChI=1S/C8H12F3N3O2S/c1-17(15,16)3-2-14-7(8(9,10)11)6(4-12)5-13-14/h5H,2-4,12H2,1H3. The van der Waals surface area contributed by atoms with Gasteiger partial charge in [-0.05, 0) is 0 Å². The topological polar surface area (TPSA) is 78.0 Å². The molecule has 0 aromatic carbocycles. The van der Waals surface area contributed by atoms with Crippen LogP contribution in [0.1, 0.15) is 11.3 Å². The first-order chi connectivity index (χ1) is 7.65. The van der Waals surface area contributed by atoms with Crippen molar-refractivity contribution >= 4 is 9.84 Å². The van der Waals surface area contributed by atoms with Crippen LogP contribution in [-0.4, -0.2) is 30.2 Å². The normalized spacial score (nSPS) is 13.0. The summed E-state index contributed by atoms with van der Waals surface area (Å²) >= 11 is 0. The van der Waals surface area contributed by atoms with E-state index in [1.165, 1.54) is 0 Å². The van der Waals surface area contributed by atoms with Crippen molar-refractivity contribution < 1.29 is 21.6 Å². The SMILES string of the molecule is CS(=O)(=O)CCn1ncc(CN)c1C(F)(F)F. The zero-order chi connectivity index (χ0) is 13.3. The van der Waals surface area contributed by atoms with E-state index in [1.54, 1.807) is 0 Å². The molecule has 0 amide bonds. The summed E-state index contributed by atoms with van der Waals surface area (Å²) in [6, 6.07) is 0. The molecule has 0 saturated heterocycles. The Kier molecular flexibility index (Phi) is 3.82. The average molecular weight is 271 g/mol. The first kappa shape index (κ1) is 14.0. The minimum Gasteiger partial charge on any atom is -0.326 e. The smallest absolute Gasteiger partial charge is 0.326 e. The quantitative estimate of drug-likeness (QED) is 0.860. The van der Waals surface area contributed by atoms with Gasteiger partial charge in [0.15, 0.2) is 0 Å². The highest BCUT2D eigenvalue weighted by Crippen LogP contribution is 2.31. The molecule has 17 heavy (non-hydrogen) atoms. The van der Waals surface area contributed by atoms with Gasteiger partial charge in [-0.15, -0.1) is 0 Å². The van der Waals surface area contributed by atoms with Gasteiger partial charge < -0.3 is 5.73 Å². The fourth-order valence-corrected chi connectivity index (χ4v) is 1.83. The molecule has 0 aliphatic carbocycles. The van der Waals surface area contributed by atoms with Crippen molar-refractivity contribution in [1.29, 1.82) is 0 Å². The third kappa shape index (κ3) is 3.70. The Bertz CT molecular complexity index is 493. The van der Waals surface area contributed by atoms with Crippen molar-refractivity contribution in [3.05, 3.63) is 17.5 Å². The Morgan fingerprint density at radius 2 is 2.06 bits per heavy atom. The van der Waals surface area contributed by atoms with Crippen LogP contribution in [0.4, 0.5) is 13.2 Å². The molecule has 0 fully saturated rings. The largest absolute Gasteiger partial charge is 0.433 e. The number of alkyl halides is 3. The lowest BCUT2D eigenvalue weighted by molar-refractivity contribution is -0.144. The molecule has 0 spiro atoms. The molecule has 9 heteroatoms. The summed E-state index contributed by atoms with van der Waals surface area (Å²) in [6.45, 7) is -0.638. The summed E-state index contributed by atoms with van der Waals surface area (Å²) in [5.74, 6) is -0.401. The molecule has 1 aromatic rings. The number of halogens is 3. The van der Waals surface area contributed by atoms with Gasteiger partial charge in [0.1, 0.15) is 15.5 Å². The van der Waals surface area contributed by atoms with E-state index in [4.69, 9.17) is 5.73 Å². The molecule has 1 rings (SSSR count). The van der Waals surface area contributed by atoms with Crippen LogP contribution in [0.15, 0.2) is 6.20 Å². The molecule has 0 saturated carbocycles. The van der Waals surface area contributed by atoms with Crippen molar-refractivity contribution in [3.8, 4) is 0 Å². The van der Waals surface area contributed by atoms with Gasteiger partial charge in [-0.1, -0.05) is 0 Å². The summed E-state index contributed by atoms with van der Waals surface area (Å²) < 4.78 is 60.5. The van der Waals surface area contributed by atoms with Crippen LogP contribution in [0.2, 0.25) is 0 Å². The second-order valence-electron chi connectivity index (χ2n) is 3.57. The third-order valence-corrected chi connectivity index (χ3v) is 3.00. The second kappa shape index (κ2) is 4.65. The summed E-state index contributed by atoms with van der Waals surface area (Å²) in [5, 5.41) is 3.51. The lowest BCUT2D eigenvalue weighted by atomic mass is 10.2. The van der Waals surface area contributed by atoms with Gasteiger partial charge in [-0.3, -0.25) is 4.68 Å². The summed E-state index contributed by atoms with van der Waals surface area (Å²) in [4.78, 5) is 0. The van der Waals surface area contributed by atoms with Gasteiger partial charge in [0.25, 0.3) is 0 Å². The summed E-state index contributed by atoms with van der Waals surface area (Å²) in [6.07, 6.45) is -2.64. The van der Waals surface area contributed by atoms with E-state index in [-0.39, 0.29) is 18.7 Å². The molecular weight excluding hydrogens is 259 g/mol. The van der Waals surface area contributed by atoms with Crippen molar-refractivity contribution in [1.82, 2.24) is 9.78 Å². The van der Waals surface area contributed by atoms with Crippen LogP contribution in [0.5, 0.6) is 0 Å². The van der Waals surface area contributed by atoms with E-state index in [1.807, 2.05) is 0 Å². The van der Waals surface area contributed by atoms with Crippen molar-refractivity contribution in [2.24, 2.45) is 5.73 Å². The van der Waals surface area contributed by atoms with Crippen molar-refractivity contribution in [3.63, 3.8) is 0 Å². The third-order valence-electron chi connectivity index (χ3n) is 2.08. The zero-order valence-corrected chi connectivity index (χ0v) is 9.85. The zero-order valence-electron chi connectivity index (χ0n) is 9.03. The maximum Gasteiger partial charge on any atom is 0.433 e. The van der Waals surface area contributed by atoms with E-state index in [0.29, 0.717) is 4.68 Å². The van der Waals surface area contributed by atoms with E-state index >= 15 is 0 Å². The number of nitrogens with two attached hydrogens (primary N) is 1. The Morgan fingerprint density at radius 1 is 1.47 bits per heavy atom. The Hall–Kier alpha value is -1.09. The van der Waals surface area contributed by atoms with Crippen LogP contribution in [0.25, 0.3) is 0 Å². The van der Waals surface area contributed by atoms with Gasteiger partial charge in [-0.2, -0.15) is 18.3 Å². The van der Waals surface area contributed by atoms with Crippen LogP contribution in [-0.2, 0) is 29.1 Å². The fraction of sp³-hybridized carbons (Fsp3) is 0.625. The predicted octanol–water partition coefficient (Wildman–Crippen LogP) is 0.405. The monoisotopic (exact) mass is 271 g/mol. The number of hydrogen-bond donors (Lipinski definition) is 1. The van der Waals surface area contributed by atoms with Crippen LogP contribution in [0, 0.1) is 0 Å². The highest BCUT2D eigenvalue weighted by Gasteiger charge is 2.37. The van der Waals surface area contributed by atoms with Crippen LogP contribution < -0.4 is 5.73 Å². The molecule has 1 heterocycles. The second-order valence-corrected chi connectivity index (χ2v) is 5.83. The Morgan fingerprint density at radius 3 is 2.47 bits per heavy atom. The Balaban J connectivity index is 3.05. The summed E-state index contributed by atoms with van der Waals surface area (Å²) in [7, 11) is -3.34. The minimum atomic E-state index is -4.59. The molecular formula is C8H12F3N3O2S. The molecule has 0 aliphatic heterocycles. The first-order valence-corrected chi connectivity index (χ1v) is 6.71. The van der Waals surface area contributed by atoms with E-state index in [2.05, 4.69) is 5.10 Å². The molecule has 0 aliphatic rings. The van der Waals surface area contributed by atoms with Gasteiger partial charge >= 0.3 is 6.18 Å². The highest BCUT2D eigenvalue weighted by molar-refractivity contribution is 7.90. The molecule has 0 atom stereocenters. The van der Waals surface area contributed by atoms with E-state index in [9.17, 15) is 21.6 Å². The fourth-order valence-electron chi connectivity index (χ4n) is 1.32. The number of nitrogens with zero attached hydrogens (tertiary/aromatic N) is 2. The first-order valence-electron chi connectivity index (χ1n) is 4.65. The molecule has 2 N–H and O–H groups in total. The van der Waals surface area contributed by atoms with Crippen molar-refractivity contribution in [2.75, 3.05) is 12.0 Å². The van der Waals surface area contributed by atoms with E-state index in [0.717, 1.165) is 12.5 Å². The van der Waals surface area contributed by atoms with Gasteiger partial charge in [-0.25, -0.2) is 8.42 Å². The lowest BCUT2D eigenvalue weighted by Gasteiger charge is -2.11. The molecule has 0 radical (unpaired) electrons. The molecule has 98 valence electrons. The predicted molar refractivity (Wildman–Crippen MR) is 54.8 cm³/mol. The number of aryl methyl sites for hydroxylation is 1. The molecule has 0 bridgehead atoms. The number of aromatic nitrogens is 2. The molecule has 1 aromatic heterocycles. The lowest BCUT2D eigenvalue weighted by Crippen LogP contribution is -2.21. The Labute approximate surface area is 96.3 Å². The molecule has 0 unspecified atom stereocenters. The maximum absolute atomic E-state index is 12.7. The highest BCUT2D eigenvalue weighted by atomic mass is 32.2. The van der Waals surface area contributed by atoms with Gasteiger partial charge in [0.05, 0.1) is 18.5 Å². The van der Waals surface area contributed by atoms with E-state index < -0.39 is 27.5 Å². The number of rotatable bonds is 4. The van der Waals surface area contributed by atoms with Crippen molar-refractivity contribution in [2.45, 2.75) is 19.3 Å². The molecule has 5 nitrogen and oxygen atoms in total. The van der Waals surface area contributed by atoms with Gasteiger partial charge in [0, 0.05) is 18.4 Å². The summed E-state index contributed by atoms with van der Waals surface area (Å²) in [5.41, 5.74) is 4.04. The van der Waals surface area contributed by atoms with Crippen LogP contribution >= 0.6 is 0 Å². The van der Waals surface area contributed by atoms with Gasteiger partial charge in [0.2, 0.25) is 0 Å². The number of sulfone groups is 1. The average Bonchev–Trinajstić information content (AvgIpc) is 2.55. The minimum absolute atomic E-state index is 0.147. The maximum atomic E-state index is 12.7. The number of hydrogen-bond acceptors (Lipinski definition) is 4. The van der Waals surface area contributed by atoms with Crippen LogP contribution in [0.3, 0.4) is 0 Å².